The summed E-state index contributed by atoms with van der Waals surface area (Å²) in [7, 11) is 0. The molecule has 0 aromatic heterocycles. The molecule has 4 aromatic carbocycles. The van der Waals surface area contributed by atoms with Crippen molar-refractivity contribution >= 4 is 21.5 Å². The van der Waals surface area contributed by atoms with Crippen LogP contribution in [0, 0.1) is 0 Å². The molecule has 4 rings (SSSR count). The zero-order chi connectivity index (χ0) is 18.7. The molecule has 0 heterocycles. The average Bonchev–Trinajstić information content (AvgIpc) is 2.62. The van der Waals surface area contributed by atoms with Gasteiger partial charge < -0.3 is 20.8 Å². The Morgan fingerprint density at radius 1 is 0.607 bits per heavy atom. The van der Waals surface area contributed by atoms with Gasteiger partial charge in [0.25, 0.3) is 0 Å². The summed E-state index contributed by atoms with van der Waals surface area (Å²) in [6, 6.07) is 22.9. The summed E-state index contributed by atoms with van der Waals surface area (Å²) in [5.41, 5.74) is 1.35. The van der Waals surface area contributed by atoms with Gasteiger partial charge in [0.05, 0.1) is 0 Å². The van der Waals surface area contributed by atoms with E-state index in [4.69, 9.17) is 5.11 Å². The third kappa shape index (κ3) is 4.91. The van der Waals surface area contributed by atoms with E-state index in [1.807, 2.05) is 60.7 Å². The van der Waals surface area contributed by atoms with Crippen molar-refractivity contribution in [2.45, 2.75) is 20.0 Å². The van der Waals surface area contributed by atoms with Crippen molar-refractivity contribution < 1.29 is 42.5 Å². The van der Waals surface area contributed by atoms with Crippen LogP contribution in [0.25, 0.3) is 32.7 Å². The zero-order valence-corrected chi connectivity index (χ0v) is 17.4. The minimum Gasteiger partial charge on any atom is -0.507 e. The maximum absolute atomic E-state index is 10.4. The van der Waals surface area contributed by atoms with E-state index in [0.29, 0.717) is 11.1 Å². The normalized spacial score (nSPS) is 10.0. The molecule has 0 saturated heterocycles. The Bertz CT molecular complexity index is 975. The molecule has 0 aliphatic rings. The van der Waals surface area contributed by atoms with Crippen molar-refractivity contribution in [1.82, 2.24) is 0 Å². The molecule has 0 atom stereocenters. The van der Waals surface area contributed by atoms with Crippen molar-refractivity contribution in [3.8, 4) is 22.6 Å². The Labute approximate surface area is 179 Å². The number of aliphatic hydroxyl groups is 1. The second-order valence-corrected chi connectivity index (χ2v) is 6.46. The van der Waals surface area contributed by atoms with Crippen molar-refractivity contribution in [2.24, 2.45) is 0 Å². The standard InChI is InChI=1S/C20H14O2.C3H8O.H2O.Ti/c21-17-11-9-13-5-1-3-7-15(13)19(17)20-16-8-4-2-6-14(16)10-12-18(20)22;1-3(2)4;;/h1-12,21-22H;3-4H,1-2H3;1H2;. The predicted molar refractivity (Wildman–Crippen MR) is 111 cm³/mol. The number of hydrogen-bond donors (Lipinski definition) is 3. The number of phenolic OH excluding ortho intramolecular Hbond substituents is 2. The Morgan fingerprint density at radius 3 is 1.29 bits per heavy atom. The minimum absolute atomic E-state index is 0. The first-order valence-corrected chi connectivity index (χ1v) is 8.59. The van der Waals surface area contributed by atoms with E-state index >= 15 is 0 Å². The number of aliphatic hydroxyl groups excluding tert-OH is 1. The molecule has 0 aliphatic heterocycles. The molecule has 28 heavy (non-hydrogen) atoms. The Hall–Kier alpha value is -2.37. The topological polar surface area (TPSA) is 92.2 Å². The summed E-state index contributed by atoms with van der Waals surface area (Å²) in [6.45, 7) is 3.44. The van der Waals surface area contributed by atoms with Gasteiger partial charge in [-0.05, 0) is 47.5 Å². The molecular formula is C23H24O4Ti. The van der Waals surface area contributed by atoms with Gasteiger partial charge in [-0.15, -0.1) is 0 Å². The van der Waals surface area contributed by atoms with Crippen LogP contribution in [0.4, 0.5) is 0 Å². The van der Waals surface area contributed by atoms with Crippen LogP contribution in [0.2, 0.25) is 0 Å². The van der Waals surface area contributed by atoms with E-state index in [9.17, 15) is 10.2 Å². The number of aromatic hydroxyl groups is 2. The van der Waals surface area contributed by atoms with Crippen LogP contribution in [0.15, 0.2) is 72.8 Å². The van der Waals surface area contributed by atoms with Gasteiger partial charge in [0, 0.05) is 38.9 Å². The van der Waals surface area contributed by atoms with Gasteiger partial charge >= 0.3 is 0 Å². The molecule has 0 amide bonds. The minimum atomic E-state index is -0.167. The number of rotatable bonds is 1. The number of benzene rings is 4. The predicted octanol–water partition coefficient (Wildman–Crippen LogP) is 4.63. The Balaban J connectivity index is 0.000000601. The van der Waals surface area contributed by atoms with Crippen molar-refractivity contribution in [3.63, 3.8) is 0 Å². The van der Waals surface area contributed by atoms with E-state index in [1.165, 1.54) is 0 Å². The van der Waals surface area contributed by atoms with E-state index in [2.05, 4.69) is 0 Å². The van der Waals surface area contributed by atoms with Gasteiger partial charge in [-0.3, -0.25) is 0 Å². The molecule has 0 spiro atoms. The van der Waals surface area contributed by atoms with Crippen molar-refractivity contribution in [1.29, 1.82) is 0 Å². The monoisotopic (exact) mass is 412 g/mol. The SMILES string of the molecule is CC(C)O.O.Oc1ccc2ccccc2c1-c1c(O)ccc2ccccc12.[Ti]. The van der Waals surface area contributed by atoms with Crippen molar-refractivity contribution in [2.75, 3.05) is 0 Å². The molecule has 4 nitrogen and oxygen atoms in total. The van der Waals surface area contributed by atoms with Crippen LogP contribution in [0.1, 0.15) is 13.8 Å². The van der Waals surface area contributed by atoms with E-state index in [1.54, 1.807) is 26.0 Å². The Kier molecular flexibility index (Phi) is 8.67. The molecule has 0 unspecified atom stereocenters. The summed E-state index contributed by atoms with van der Waals surface area (Å²) in [5.74, 6) is 0.343. The fourth-order valence-electron chi connectivity index (χ4n) is 3.05. The van der Waals surface area contributed by atoms with Crippen LogP contribution in [-0.4, -0.2) is 26.9 Å². The summed E-state index contributed by atoms with van der Waals surface area (Å²) < 4.78 is 0. The van der Waals surface area contributed by atoms with Gasteiger partial charge in [0.1, 0.15) is 11.5 Å². The summed E-state index contributed by atoms with van der Waals surface area (Å²) in [6.07, 6.45) is -0.167. The van der Waals surface area contributed by atoms with Crippen LogP contribution in [0.3, 0.4) is 0 Å². The average molecular weight is 412 g/mol. The molecule has 5 N–H and O–H groups in total. The number of hydrogen-bond acceptors (Lipinski definition) is 3. The molecular weight excluding hydrogens is 388 g/mol. The van der Waals surface area contributed by atoms with Crippen LogP contribution in [-0.2, 0) is 21.7 Å². The molecule has 5 heteroatoms. The first kappa shape index (κ1) is 23.7. The van der Waals surface area contributed by atoms with E-state index in [0.717, 1.165) is 21.5 Å². The summed E-state index contributed by atoms with van der Waals surface area (Å²) in [4.78, 5) is 0. The van der Waals surface area contributed by atoms with Gasteiger partial charge in [0.2, 0.25) is 0 Å². The molecule has 0 radical (unpaired) electrons. The van der Waals surface area contributed by atoms with E-state index < -0.39 is 0 Å². The fourth-order valence-corrected chi connectivity index (χ4v) is 3.05. The molecule has 0 bridgehead atoms. The molecule has 144 valence electrons. The number of fused-ring (bicyclic) bond motifs is 2. The van der Waals surface area contributed by atoms with Crippen molar-refractivity contribution in [3.05, 3.63) is 72.8 Å². The molecule has 0 fully saturated rings. The number of phenols is 2. The van der Waals surface area contributed by atoms with Gasteiger partial charge in [-0.2, -0.15) is 0 Å². The molecule has 0 aliphatic carbocycles. The second kappa shape index (κ2) is 10.3. The summed E-state index contributed by atoms with van der Waals surface area (Å²) >= 11 is 0. The maximum atomic E-state index is 10.4. The van der Waals surface area contributed by atoms with Gasteiger partial charge in [-0.25, -0.2) is 0 Å². The first-order chi connectivity index (χ1) is 12.5. The summed E-state index contributed by atoms with van der Waals surface area (Å²) in [5, 5.41) is 32.8. The molecule has 0 saturated carbocycles. The second-order valence-electron chi connectivity index (χ2n) is 6.46. The quantitative estimate of drug-likeness (QED) is 0.398. The smallest absolute Gasteiger partial charge is 0.124 e. The van der Waals surface area contributed by atoms with E-state index in [-0.39, 0.29) is 44.8 Å². The van der Waals surface area contributed by atoms with Gasteiger partial charge in [-0.1, -0.05) is 60.7 Å². The fraction of sp³-hybridized carbons (Fsp3) is 0.130. The zero-order valence-electron chi connectivity index (χ0n) is 15.8. The third-order valence-electron chi connectivity index (χ3n) is 4.06. The molecule has 4 aromatic rings. The maximum Gasteiger partial charge on any atom is 0.124 e. The van der Waals surface area contributed by atoms with Crippen LogP contribution in [0.5, 0.6) is 11.5 Å². The van der Waals surface area contributed by atoms with Gasteiger partial charge in [0.15, 0.2) is 0 Å². The van der Waals surface area contributed by atoms with Crippen LogP contribution < -0.4 is 0 Å². The van der Waals surface area contributed by atoms with Crippen LogP contribution >= 0.6 is 0 Å². The third-order valence-corrected chi connectivity index (χ3v) is 4.06. The largest absolute Gasteiger partial charge is 0.507 e. The Morgan fingerprint density at radius 2 is 0.929 bits per heavy atom. The first-order valence-electron chi connectivity index (χ1n) is 8.59.